The number of rotatable bonds is 47. The van der Waals surface area contributed by atoms with Crippen LogP contribution in [0.3, 0.4) is 0 Å². The average Bonchev–Trinajstić information content (AvgIpc) is 1.53. The van der Waals surface area contributed by atoms with Crippen molar-refractivity contribution in [3.63, 3.8) is 0 Å². The third kappa shape index (κ3) is 37.0. The summed E-state index contributed by atoms with van der Waals surface area (Å²) >= 11 is 19.0. The second-order valence-electron chi connectivity index (χ2n) is 40.2. The van der Waals surface area contributed by atoms with Gasteiger partial charge in [-0.3, -0.25) is 43.2 Å². The number of nitrogens with zero attached hydrogens (tertiary/aromatic N) is 3. The lowest BCUT2D eigenvalue weighted by molar-refractivity contribution is -0.146. The van der Waals surface area contributed by atoms with E-state index in [0.717, 1.165) is 92.9 Å². The van der Waals surface area contributed by atoms with Crippen LogP contribution in [0, 0.1) is 16.2 Å². The van der Waals surface area contributed by atoms with Gasteiger partial charge in [0.1, 0.15) is 37.4 Å². The second kappa shape index (κ2) is 58.4. The zero-order valence-corrected chi connectivity index (χ0v) is 89.7. The quantitative estimate of drug-likeness (QED) is 0.0106. The van der Waals surface area contributed by atoms with Crippen LogP contribution in [0.25, 0.3) is 10.8 Å². The summed E-state index contributed by atoms with van der Waals surface area (Å²) in [6.45, 7) is 18.7. The number of benzene rings is 10. The Kier molecular flexibility index (Phi) is 45.7. The average molecular weight is 2100 g/mol. The van der Waals surface area contributed by atoms with E-state index in [1.165, 1.54) is 7.11 Å². The molecule has 10 aromatic carbocycles. The van der Waals surface area contributed by atoms with Gasteiger partial charge in [0, 0.05) is 58.4 Å². The first-order chi connectivity index (χ1) is 71.9. The van der Waals surface area contributed by atoms with Crippen molar-refractivity contribution in [1.29, 1.82) is 0 Å². The zero-order chi connectivity index (χ0) is 108. The van der Waals surface area contributed by atoms with Crippen LogP contribution in [0.1, 0.15) is 157 Å². The predicted octanol–water partition coefficient (Wildman–Crippen LogP) is 17.6. The van der Waals surface area contributed by atoms with E-state index >= 15 is 0 Å². The highest BCUT2D eigenvalue weighted by molar-refractivity contribution is 6.31. The fourth-order valence-electron chi connectivity index (χ4n) is 18.4. The van der Waals surface area contributed by atoms with Crippen molar-refractivity contribution >= 4 is 105 Å². The number of carbonyl (C=O) groups excluding carboxylic acids is 10. The molecule has 0 bridgehead atoms. The third-order valence-electron chi connectivity index (χ3n) is 27.1. The van der Waals surface area contributed by atoms with E-state index < -0.39 is 101 Å². The maximum absolute atomic E-state index is 14.2. The van der Waals surface area contributed by atoms with Gasteiger partial charge in [-0.05, 0) is 210 Å². The maximum Gasteiger partial charge on any atom is 0.328 e. The number of carbonyl (C=O) groups is 10. The monoisotopic (exact) mass is 2100 g/mol. The van der Waals surface area contributed by atoms with Gasteiger partial charge in [0.25, 0.3) is 0 Å². The number of halogens is 3. The first-order valence-corrected chi connectivity index (χ1v) is 52.7. The smallest absolute Gasteiger partial charge is 0.328 e. The molecule has 0 aromatic heterocycles. The van der Waals surface area contributed by atoms with Gasteiger partial charge >= 0.3 is 17.9 Å². The summed E-state index contributed by atoms with van der Waals surface area (Å²) < 4.78 is 35.1. The minimum absolute atomic E-state index is 0.139. The lowest BCUT2D eigenvalue weighted by atomic mass is 9.81. The van der Waals surface area contributed by atoms with Crippen molar-refractivity contribution in [3.8, 4) is 0 Å². The van der Waals surface area contributed by atoms with Crippen molar-refractivity contribution in [1.82, 2.24) is 36.0 Å². The van der Waals surface area contributed by atoms with Crippen molar-refractivity contribution in [2.24, 2.45) is 33.4 Å². The Morgan fingerprint density at radius 1 is 0.380 bits per heavy atom. The minimum atomic E-state index is -1.15. The molecule has 10 aromatic rings. The van der Waals surface area contributed by atoms with Crippen LogP contribution in [-0.4, -0.2) is 193 Å². The number of esters is 3. The highest BCUT2D eigenvalue weighted by Crippen LogP contribution is 2.36. The molecule has 7 amide bonds. The molecular weight excluding hydrogens is 1960 g/mol. The van der Waals surface area contributed by atoms with Crippen LogP contribution >= 0.6 is 34.8 Å². The van der Waals surface area contributed by atoms with Gasteiger partial charge in [0.05, 0.1) is 93.3 Å². The maximum atomic E-state index is 14.2. The van der Waals surface area contributed by atoms with Crippen LogP contribution in [0.4, 0.5) is 0 Å². The highest BCUT2D eigenvalue weighted by atomic mass is 35.5. The fourth-order valence-corrected chi connectivity index (χ4v) is 19.0. The van der Waals surface area contributed by atoms with E-state index in [-0.39, 0.29) is 99.2 Å². The van der Waals surface area contributed by atoms with E-state index in [4.69, 9.17) is 80.4 Å². The summed E-state index contributed by atoms with van der Waals surface area (Å²) in [6, 6.07) is 77.9. The number of hydrogen-bond acceptors (Lipinski definition) is 19. The van der Waals surface area contributed by atoms with Gasteiger partial charge in [-0.2, -0.15) is 0 Å². The minimum Gasteiger partial charge on any atom is -0.467 e. The summed E-state index contributed by atoms with van der Waals surface area (Å²) in [5.41, 5.74) is 23.8. The number of nitrogens with two attached hydrogens (primary N) is 3. The summed E-state index contributed by atoms with van der Waals surface area (Å²) in [5, 5.41) is 15.4. The molecule has 10 N–H and O–H groups in total. The normalized spacial score (nSPS) is 17.7. The fraction of sp³-hybridized carbons (Fsp3) is 0.388. The second-order valence-corrected chi connectivity index (χ2v) is 41.5. The topological polar surface area (TPSA) is 362 Å². The van der Waals surface area contributed by atoms with Crippen LogP contribution in [0.15, 0.2) is 303 Å². The number of nitrogens with one attached hydrogen (secondary N) is 4. The van der Waals surface area contributed by atoms with E-state index in [0.29, 0.717) is 73.6 Å². The van der Waals surface area contributed by atoms with Crippen molar-refractivity contribution in [3.05, 3.63) is 369 Å². The number of aryl methyl sites for hydroxylation is 1. The first kappa shape index (κ1) is 117. The molecule has 796 valence electrons. The Bertz CT molecular complexity index is 6170. The molecule has 0 unspecified atom stereocenters. The van der Waals surface area contributed by atoms with Gasteiger partial charge in [-0.1, -0.05) is 316 Å². The van der Waals surface area contributed by atoms with E-state index in [1.54, 1.807) is 81.4 Å². The lowest BCUT2D eigenvalue weighted by Gasteiger charge is -2.32. The molecule has 0 spiro atoms. The van der Waals surface area contributed by atoms with Gasteiger partial charge in [0.15, 0.2) is 0 Å². The molecule has 3 saturated heterocycles. The van der Waals surface area contributed by atoms with E-state index in [2.05, 4.69) is 33.4 Å². The summed E-state index contributed by atoms with van der Waals surface area (Å²) in [6.07, 6.45) is 17.2. The molecule has 26 nitrogen and oxygen atoms in total. The molecule has 3 heterocycles. The van der Waals surface area contributed by atoms with Crippen molar-refractivity contribution in [2.45, 2.75) is 244 Å². The van der Waals surface area contributed by atoms with Gasteiger partial charge in [-0.25, -0.2) is 4.79 Å². The number of amides is 7. The molecule has 0 saturated carbocycles. The lowest BCUT2D eigenvalue weighted by Crippen LogP contribution is -2.57. The predicted molar refractivity (Wildman–Crippen MR) is 589 cm³/mol. The molecule has 29 heteroatoms. The Labute approximate surface area is 897 Å². The standard InChI is InChI=1S/C42H48ClN3O5.C40H49ClN4O6.C39H48ClN3O5/c1-29(44)40(48)45-39(30(2)50-27-31-11-5-4-6-12-31)41(49)46-22-10-17-37(46)20-21-42(3,26-33-13-9-16-36(43)24-33)28-51-38(47)25-32-18-19-34-14-7-8-15-35(34)23-32;1-27(42)36(46)44-35(28(2)51-26-30-15-9-6-10-16-30)37(47)45-22-12-19-33(45)20-21-40(3,25-31-17-11-18-32(41)23-31)39(49)43-34(38(48)50-4)24-29-13-7-5-8-14-29;1-28(41)37(45)42-36(29(2)47-26-31-14-8-5-9-15-31)38(46)43-23-11-18-34(43)21-22-39(3,25-32-16-10-17-33(40)24-32)27-48-35(44)20-19-30-12-6-4-7-13-30/h4-9,11-16,18-21,23-24,29-30,37,39H,10,17,22,25-28,44H2,1-3H3,(H,45,48);5-11,13-18,20-21,23,27-28,33-35H,12,19,22,24-26,42H2,1-4H3,(H,43,49)(H,44,46);4-10,12-17,21-22,24,28-29,34,36H,11,18-20,23,25-27,41H2,1-3H3,(H,42,45)/b2*21-20+;22-21+/t29-,30+,37-,39-,42-;27-,28+,33-,34-,35-,40-;28-,29+,34-,36-,39-/m000/s1. The van der Waals surface area contributed by atoms with Crippen LogP contribution < -0.4 is 38.5 Å². The Hall–Kier alpha value is -13.0. The highest BCUT2D eigenvalue weighted by Gasteiger charge is 2.43. The number of hydrogen-bond donors (Lipinski definition) is 7. The number of methoxy groups -OCH3 is 1. The number of likely N-dealkylation sites (tertiary alicyclic amines) is 3. The van der Waals surface area contributed by atoms with Crippen molar-refractivity contribution < 1.29 is 76.4 Å². The van der Waals surface area contributed by atoms with Gasteiger partial charge < -0.3 is 81.6 Å². The zero-order valence-electron chi connectivity index (χ0n) is 87.5. The van der Waals surface area contributed by atoms with Gasteiger partial charge in [-0.15, -0.1) is 0 Å². The third-order valence-corrected chi connectivity index (χ3v) is 27.8. The Balaban J connectivity index is 0.000000213. The molecule has 3 aliphatic heterocycles. The van der Waals surface area contributed by atoms with E-state index in [9.17, 15) is 47.9 Å². The molecular formula is C121H145Cl3N10O16. The largest absolute Gasteiger partial charge is 0.467 e. The Morgan fingerprint density at radius 2 is 0.720 bits per heavy atom. The number of fused-ring (bicyclic) bond motifs is 1. The summed E-state index contributed by atoms with van der Waals surface area (Å²) in [4.78, 5) is 139. The summed E-state index contributed by atoms with van der Waals surface area (Å²) in [7, 11) is 1.29. The van der Waals surface area contributed by atoms with Crippen LogP contribution in [0.5, 0.6) is 0 Å². The van der Waals surface area contributed by atoms with E-state index in [1.807, 2.05) is 287 Å². The number of ether oxygens (including phenoxy) is 6. The SMILES string of the molecule is COC(=O)[C@H](Cc1ccccc1)NC(=O)[C@@](C)(/C=C/[C@@H]1CCCN1C(=O)[C@@H](NC(=O)[C@H](C)N)[C@@H](C)OCc1ccccc1)Cc1cccc(Cl)c1.C[C@H](N)C(=O)N[C@H](C(=O)N1CCC[C@H]1/C=C/[C@](C)(COC(=O)CCc1ccccc1)Cc1cccc(Cl)c1)[C@@H](C)OCc1ccccc1.C[C@H](N)C(=O)N[C@H](C(=O)N1CCC[C@H]1/C=C/[C@](C)(COC(=O)Cc1ccc2ccccc2c1)Cc1cccc(Cl)c1)[C@@H](C)OCc1ccccc1. The molecule has 3 aliphatic rings. The molecule has 0 aliphatic carbocycles. The van der Waals surface area contributed by atoms with Crippen LogP contribution in [0.2, 0.25) is 15.1 Å². The molecule has 3 fully saturated rings. The summed E-state index contributed by atoms with van der Waals surface area (Å²) in [5.74, 6) is -3.57. The molecule has 0 radical (unpaired) electrons. The molecule has 150 heavy (non-hydrogen) atoms. The van der Waals surface area contributed by atoms with Gasteiger partial charge in [0.2, 0.25) is 41.4 Å². The van der Waals surface area contributed by atoms with Crippen LogP contribution in [-0.2, 0) is 135 Å². The Morgan fingerprint density at radius 3 is 1.09 bits per heavy atom. The first-order valence-electron chi connectivity index (χ1n) is 51.6. The van der Waals surface area contributed by atoms with Crippen molar-refractivity contribution in [2.75, 3.05) is 40.0 Å². The molecule has 13 rings (SSSR count). The molecule has 16 atom stereocenters.